The Labute approximate surface area is 147 Å². The smallest absolute Gasteiger partial charge is 0.225 e. The van der Waals surface area contributed by atoms with Crippen LogP contribution in [-0.2, 0) is 4.79 Å². The minimum atomic E-state index is -0.344. The molecule has 0 fully saturated rings. The van der Waals surface area contributed by atoms with E-state index in [-0.39, 0.29) is 30.8 Å². The van der Waals surface area contributed by atoms with Gasteiger partial charge in [0.05, 0.1) is 19.8 Å². The first-order valence-corrected chi connectivity index (χ1v) is 8.04. The molecule has 25 heavy (non-hydrogen) atoms. The van der Waals surface area contributed by atoms with Gasteiger partial charge in [-0.2, -0.15) is 0 Å². The second-order valence-electron chi connectivity index (χ2n) is 5.76. The molecule has 0 radical (unpaired) electrons. The van der Waals surface area contributed by atoms with Gasteiger partial charge in [-0.1, -0.05) is 12.1 Å². The van der Waals surface area contributed by atoms with Crippen LogP contribution in [0.25, 0.3) is 0 Å². The van der Waals surface area contributed by atoms with Gasteiger partial charge in [-0.05, 0) is 49.0 Å². The van der Waals surface area contributed by atoms with Crippen molar-refractivity contribution >= 4 is 11.6 Å². The molecule has 0 aromatic heterocycles. The minimum absolute atomic E-state index is 0.0532. The predicted octanol–water partition coefficient (Wildman–Crippen LogP) is 2.83. The molecule has 134 valence electrons. The zero-order chi connectivity index (χ0) is 18.2. The Hall–Kier alpha value is -2.44. The Morgan fingerprint density at radius 3 is 2.40 bits per heavy atom. The quantitative estimate of drug-likeness (QED) is 0.772. The molecule has 1 amide bonds. The van der Waals surface area contributed by atoms with Crippen molar-refractivity contribution in [1.29, 1.82) is 0 Å². The maximum absolute atomic E-state index is 12.9. The summed E-state index contributed by atoms with van der Waals surface area (Å²) in [6.45, 7) is 0.423. The van der Waals surface area contributed by atoms with Crippen LogP contribution in [0.2, 0.25) is 0 Å². The maximum Gasteiger partial charge on any atom is 0.225 e. The number of anilines is 1. The summed E-state index contributed by atoms with van der Waals surface area (Å²) in [4.78, 5) is 13.9. The Morgan fingerprint density at radius 2 is 1.84 bits per heavy atom. The van der Waals surface area contributed by atoms with Crippen LogP contribution in [0.15, 0.2) is 48.5 Å². The lowest BCUT2D eigenvalue weighted by Crippen LogP contribution is -2.30. The molecule has 0 heterocycles. The van der Waals surface area contributed by atoms with Crippen LogP contribution in [-0.4, -0.2) is 43.2 Å². The average Bonchev–Trinajstić information content (AvgIpc) is 2.63. The fourth-order valence-electron chi connectivity index (χ4n) is 2.52. The number of likely N-dealkylation sites (N-methyl/N-ethyl adjacent to an activating group) is 1. The standard InChI is InChI=1S/C19H23FN2O3/c1-22(18(13-23)14-3-9-17(25-2)10-4-14)12-11-19(24)21-16-7-5-15(20)6-8-16/h3-10,18,23H,11-13H2,1-2H3,(H,21,24). The van der Waals surface area contributed by atoms with E-state index in [1.165, 1.54) is 24.3 Å². The van der Waals surface area contributed by atoms with Gasteiger partial charge in [-0.15, -0.1) is 0 Å². The van der Waals surface area contributed by atoms with E-state index in [9.17, 15) is 14.3 Å². The van der Waals surface area contributed by atoms with Gasteiger partial charge in [0.1, 0.15) is 11.6 Å². The summed E-state index contributed by atoms with van der Waals surface area (Å²) in [5, 5.41) is 12.4. The third-order valence-electron chi connectivity index (χ3n) is 4.03. The van der Waals surface area contributed by atoms with Gasteiger partial charge in [0, 0.05) is 18.7 Å². The zero-order valence-corrected chi connectivity index (χ0v) is 14.4. The number of hydrogen-bond acceptors (Lipinski definition) is 4. The van der Waals surface area contributed by atoms with Crippen molar-refractivity contribution < 1.29 is 19.0 Å². The van der Waals surface area contributed by atoms with E-state index in [1.54, 1.807) is 7.11 Å². The molecule has 0 saturated heterocycles. The fourth-order valence-corrected chi connectivity index (χ4v) is 2.52. The number of benzene rings is 2. The Morgan fingerprint density at radius 1 is 1.20 bits per heavy atom. The Kier molecular flexibility index (Phi) is 6.91. The summed E-state index contributed by atoms with van der Waals surface area (Å²) < 4.78 is 18.0. The van der Waals surface area contributed by atoms with Crippen LogP contribution in [0.3, 0.4) is 0 Å². The van der Waals surface area contributed by atoms with Crippen molar-refractivity contribution in [1.82, 2.24) is 4.90 Å². The van der Waals surface area contributed by atoms with Crippen LogP contribution in [0.1, 0.15) is 18.0 Å². The van der Waals surface area contributed by atoms with E-state index in [1.807, 2.05) is 36.2 Å². The van der Waals surface area contributed by atoms with Crippen LogP contribution in [0, 0.1) is 5.82 Å². The number of nitrogens with zero attached hydrogens (tertiary/aromatic N) is 1. The lowest BCUT2D eigenvalue weighted by Gasteiger charge is -2.26. The lowest BCUT2D eigenvalue weighted by atomic mass is 10.1. The molecule has 2 aromatic carbocycles. The van der Waals surface area contributed by atoms with Gasteiger partial charge in [0.15, 0.2) is 0 Å². The van der Waals surface area contributed by atoms with Gasteiger partial charge < -0.3 is 15.2 Å². The SMILES string of the molecule is COc1ccc(C(CO)N(C)CCC(=O)Nc2ccc(F)cc2)cc1. The summed E-state index contributed by atoms with van der Waals surface area (Å²) in [7, 11) is 3.46. The number of nitrogens with one attached hydrogen (secondary N) is 1. The van der Waals surface area contributed by atoms with E-state index in [0.717, 1.165) is 11.3 Å². The summed E-state index contributed by atoms with van der Waals surface area (Å²) in [6.07, 6.45) is 0.264. The van der Waals surface area contributed by atoms with Crippen molar-refractivity contribution in [2.45, 2.75) is 12.5 Å². The van der Waals surface area contributed by atoms with Gasteiger partial charge in [0.2, 0.25) is 5.91 Å². The average molecular weight is 346 g/mol. The van der Waals surface area contributed by atoms with Crippen LogP contribution < -0.4 is 10.1 Å². The molecule has 2 N–H and O–H groups in total. The molecule has 1 atom stereocenters. The van der Waals surface area contributed by atoms with Gasteiger partial charge in [0.25, 0.3) is 0 Å². The highest BCUT2D eigenvalue weighted by molar-refractivity contribution is 5.90. The normalized spacial score (nSPS) is 12.0. The first kappa shape index (κ1) is 18.9. The highest BCUT2D eigenvalue weighted by Gasteiger charge is 2.17. The number of aliphatic hydroxyl groups is 1. The first-order valence-electron chi connectivity index (χ1n) is 8.04. The number of carbonyl (C=O) groups is 1. The first-order chi connectivity index (χ1) is 12.0. The number of aliphatic hydroxyl groups excluding tert-OH is 1. The van der Waals surface area contributed by atoms with Crippen LogP contribution >= 0.6 is 0 Å². The molecule has 5 nitrogen and oxygen atoms in total. The number of halogens is 1. The molecular weight excluding hydrogens is 323 g/mol. The molecule has 1 unspecified atom stereocenters. The summed E-state index contributed by atoms with van der Waals surface area (Å²) >= 11 is 0. The van der Waals surface area contributed by atoms with Crippen molar-refractivity contribution in [3.05, 3.63) is 59.9 Å². The molecule has 2 aromatic rings. The molecule has 0 spiro atoms. The number of carbonyl (C=O) groups excluding carboxylic acids is 1. The zero-order valence-electron chi connectivity index (χ0n) is 14.4. The van der Waals surface area contributed by atoms with Crippen molar-refractivity contribution in [2.75, 3.05) is 32.6 Å². The Balaban J connectivity index is 1.89. The molecule has 0 saturated carbocycles. The highest BCUT2D eigenvalue weighted by atomic mass is 19.1. The van der Waals surface area contributed by atoms with E-state index in [4.69, 9.17) is 4.74 Å². The number of methoxy groups -OCH3 is 1. The van der Waals surface area contributed by atoms with Gasteiger partial charge in [-0.25, -0.2) is 4.39 Å². The molecule has 6 heteroatoms. The molecule has 0 aliphatic heterocycles. The van der Waals surface area contributed by atoms with Crippen LogP contribution in [0.5, 0.6) is 5.75 Å². The molecule has 0 aliphatic carbocycles. The van der Waals surface area contributed by atoms with Gasteiger partial charge in [-0.3, -0.25) is 9.69 Å². The van der Waals surface area contributed by atoms with Crippen LogP contribution in [0.4, 0.5) is 10.1 Å². The number of ether oxygens (including phenoxy) is 1. The lowest BCUT2D eigenvalue weighted by molar-refractivity contribution is -0.116. The number of rotatable bonds is 8. The van der Waals surface area contributed by atoms with E-state index in [2.05, 4.69) is 5.32 Å². The number of hydrogen-bond donors (Lipinski definition) is 2. The molecule has 0 aliphatic rings. The summed E-state index contributed by atoms with van der Waals surface area (Å²) in [5.41, 5.74) is 1.51. The molecule has 0 bridgehead atoms. The van der Waals surface area contributed by atoms with E-state index >= 15 is 0 Å². The third kappa shape index (κ3) is 5.55. The van der Waals surface area contributed by atoms with Crippen molar-refractivity contribution in [2.24, 2.45) is 0 Å². The largest absolute Gasteiger partial charge is 0.497 e. The second kappa shape index (κ2) is 9.15. The fraction of sp³-hybridized carbons (Fsp3) is 0.316. The maximum atomic E-state index is 12.9. The molecule has 2 rings (SSSR count). The van der Waals surface area contributed by atoms with E-state index in [0.29, 0.717) is 12.2 Å². The topological polar surface area (TPSA) is 61.8 Å². The van der Waals surface area contributed by atoms with E-state index < -0.39 is 0 Å². The monoisotopic (exact) mass is 346 g/mol. The third-order valence-corrected chi connectivity index (χ3v) is 4.03. The second-order valence-corrected chi connectivity index (χ2v) is 5.76. The molecular formula is C19H23FN2O3. The van der Waals surface area contributed by atoms with Crippen molar-refractivity contribution in [3.8, 4) is 5.75 Å². The predicted molar refractivity (Wildman–Crippen MR) is 95.1 cm³/mol. The number of amides is 1. The Bertz CT molecular complexity index is 674. The summed E-state index contributed by atoms with van der Waals surface area (Å²) in [6, 6.07) is 12.9. The minimum Gasteiger partial charge on any atom is -0.497 e. The summed E-state index contributed by atoms with van der Waals surface area (Å²) in [5.74, 6) is 0.245. The van der Waals surface area contributed by atoms with Crippen molar-refractivity contribution in [3.63, 3.8) is 0 Å². The van der Waals surface area contributed by atoms with Gasteiger partial charge >= 0.3 is 0 Å². The highest BCUT2D eigenvalue weighted by Crippen LogP contribution is 2.22.